The zero-order valence-electron chi connectivity index (χ0n) is 9.05. The fourth-order valence-electron chi connectivity index (χ4n) is 1.58. The number of benzene rings is 1. The number of hydrogen-bond acceptors (Lipinski definition) is 4. The van der Waals surface area contributed by atoms with E-state index in [-0.39, 0.29) is 22.8 Å². The molecule has 5 nitrogen and oxygen atoms in total. The normalized spacial score (nSPS) is 15.9. The maximum absolute atomic E-state index is 13.7. The van der Waals surface area contributed by atoms with E-state index < -0.39 is 23.6 Å². The Hall–Kier alpha value is -1.89. The monoisotopic (exact) mass is 269 g/mol. The molecular formula is C11H8FNO4S. The molecule has 0 saturated carbocycles. The molecule has 0 unspecified atom stereocenters. The van der Waals surface area contributed by atoms with Gasteiger partial charge >= 0.3 is 5.97 Å². The van der Waals surface area contributed by atoms with Crippen LogP contribution in [0.2, 0.25) is 0 Å². The number of hydrogen-bond donors (Lipinski definition) is 1. The molecule has 1 fully saturated rings. The Balaban J connectivity index is 2.41. The number of imide groups is 1. The second kappa shape index (κ2) is 4.77. The molecule has 0 aliphatic carbocycles. The Kier molecular flexibility index (Phi) is 3.33. The molecule has 0 aromatic heterocycles. The number of carboxylic acid groups (broad SMARTS) is 1. The third-order valence-corrected chi connectivity index (χ3v) is 3.29. The Morgan fingerprint density at radius 1 is 1.28 bits per heavy atom. The molecule has 18 heavy (non-hydrogen) atoms. The molecule has 0 bridgehead atoms. The standard InChI is InChI=1S/C11H8FNO4S/c12-7-3-6(11(16)17)1-2-8(7)13-9(14)4-18-5-10(13)15/h1-3H,4-5H2,(H,16,17). The molecule has 0 radical (unpaired) electrons. The number of rotatable bonds is 2. The van der Waals surface area contributed by atoms with Gasteiger partial charge in [-0.1, -0.05) is 0 Å². The second-order valence-corrected chi connectivity index (χ2v) is 4.57. The van der Waals surface area contributed by atoms with Gasteiger partial charge in [-0.2, -0.15) is 0 Å². The molecule has 2 amide bonds. The molecule has 94 valence electrons. The van der Waals surface area contributed by atoms with Crippen molar-refractivity contribution >= 4 is 35.2 Å². The van der Waals surface area contributed by atoms with Crippen LogP contribution in [-0.2, 0) is 9.59 Å². The van der Waals surface area contributed by atoms with Crippen molar-refractivity contribution in [3.63, 3.8) is 0 Å². The smallest absolute Gasteiger partial charge is 0.335 e. The van der Waals surface area contributed by atoms with E-state index in [1.165, 1.54) is 11.8 Å². The fourth-order valence-corrected chi connectivity index (χ4v) is 2.29. The van der Waals surface area contributed by atoms with Crippen molar-refractivity contribution in [3.05, 3.63) is 29.6 Å². The van der Waals surface area contributed by atoms with Gasteiger partial charge in [0.25, 0.3) is 0 Å². The third-order valence-electron chi connectivity index (χ3n) is 2.39. The number of halogens is 1. The van der Waals surface area contributed by atoms with Crippen LogP contribution >= 0.6 is 11.8 Å². The lowest BCUT2D eigenvalue weighted by Gasteiger charge is -2.24. The molecule has 0 spiro atoms. The van der Waals surface area contributed by atoms with Crippen molar-refractivity contribution in [2.24, 2.45) is 0 Å². The summed E-state index contributed by atoms with van der Waals surface area (Å²) in [6, 6.07) is 3.08. The molecule has 1 aromatic carbocycles. The number of thioether (sulfide) groups is 1. The van der Waals surface area contributed by atoms with Crippen molar-refractivity contribution in [2.45, 2.75) is 0 Å². The van der Waals surface area contributed by atoms with Gasteiger partial charge < -0.3 is 5.11 Å². The largest absolute Gasteiger partial charge is 0.478 e. The number of amides is 2. The van der Waals surface area contributed by atoms with Gasteiger partial charge in [-0.15, -0.1) is 11.8 Å². The highest BCUT2D eigenvalue weighted by atomic mass is 32.2. The predicted molar refractivity (Wildman–Crippen MR) is 63.2 cm³/mol. The molecule has 1 aliphatic heterocycles. The van der Waals surface area contributed by atoms with Gasteiger partial charge in [0.2, 0.25) is 11.8 Å². The maximum atomic E-state index is 13.7. The third kappa shape index (κ3) is 2.21. The van der Waals surface area contributed by atoms with E-state index in [9.17, 15) is 18.8 Å². The van der Waals surface area contributed by atoms with Gasteiger partial charge in [0.1, 0.15) is 5.82 Å². The summed E-state index contributed by atoms with van der Waals surface area (Å²) in [7, 11) is 0. The minimum Gasteiger partial charge on any atom is -0.478 e. The van der Waals surface area contributed by atoms with Crippen LogP contribution in [0, 0.1) is 5.82 Å². The number of nitrogens with zero attached hydrogens (tertiary/aromatic N) is 1. The van der Waals surface area contributed by atoms with Crippen molar-refractivity contribution in [2.75, 3.05) is 16.4 Å². The SMILES string of the molecule is O=C(O)c1ccc(N2C(=O)CSCC2=O)c(F)c1. The second-order valence-electron chi connectivity index (χ2n) is 3.59. The topological polar surface area (TPSA) is 74.7 Å². The molecular weight excluding hydrogens is 261 g/mol. The summed E-state index contributed by atoms with van der Waals surface area (Å²) in [5.74, 6) is -2.97. The Bertz CT molecular complexity index is 530. The van der Waals surface area contributed by atoms with E-state index in [4.69, 9.17) is 5.11 Å². The summed E-state index contributed by atoms with van der Waals surface area (Å²) in [4.78, 5) is 34.6. The van der Waals surface area contributed by atoms with E-state index in [1.54, 1.807) is 0 Å². The first-order chi connectivity index (χ1) is 8.50. The first-order valence-electron chi connectivity index (χ1n) is 4.97. The lowest BCUT2D eigenvalue weighted by Crippen LogP contribution is -2.43. The number of carbonyl (C=O) groups is 3. The van der Waals surface area contributed by atoms with Gasteiger partial charge in [-0.05, 0) is 18.2 Å². The van der Waals surface area contributed by atoms with Crippen LogP contribution in [-0.4, -0.2) is 34.4 Å². The van der Waals surface area contributed by atoms with Crippen LogP contribution in [0.5, 0.6) is 0 Å². The fraction of sp³-hybridized carbons (Fsp3) is 0.182. The Morgan fingerprint density at radius 3 is 2.39 bits per heavy atom. The average molecular weight is 269 g/mol. The van der Waals surface area contributed by atoms with Gasteiger partial charge in [-0.25, -0.2) is 14.1 Å². The van der Waals surface area contributed by atoms with Crippen LogP contribution in [0.1, 0.15) is 10.4 Å². The number of carbonyl (C=O) groups excluding carboxylic acids is 2. The summed E-state index contributed by atoms with van der Waals surface area (Å²) < 4.78 is 13.7. The molecule has 0 atom stereocenters. The van der Waals surface area contributed by atoms with Crippen molar-refractivity contribution in [1.29, 1.82) is 0 Å². The summed E-state index contributed by atoms with van der Waals surface area (Å²) in [5.41, 5.74) is -0.433. The van der Waals surface area contributed by atoms with Crippen LogP contribution < -0.4 is 4.90 Å². The van der Waals surface area contributed by atoms with Gasteiger partial charge in [0, 0.05) is 0 Å². The summed E-state index contributed by atoms with van der Waals surface area (Å²) in [5, 5.41) is 8.70. The van der Waals surface area contributed by atoms with Gasteiger partial charge in [0.15, 0.2) is 0 Å². The number of carboxylic acids is 1. The minimum atomic E-state index is -1.27. The van der Waals surface area contributed by atoms with Crippen molar-refractivity contribution in [1.82, 2.24) is 0 Å². The van der Waals surface area contributed by atoms with E-state index in [2.05, 4.69) is 0 Å². The zero-order valence-corrected chi connectivity index (χ0v) is 9.87. The predicted octanol–water partition coefficient (Wildman–Crippen LogP) is 1.13. The molecule has 1 aliphatic rings. The van der Waals surface area contributed by atoms with Gasteiger partial charge in [-0.3, -0.25) is 9.59 Å². The van der Waals surface area contributed by atoms with Crippen molar-refractivity contribution < 1.29 is 23.9 Å². The Labute approximate surface area is 106 Å². The molecule has 1 saturated heterocycles. The summed E-state index contributed by atoms with van der Waals surface area (Å²) in [6.07, 6.45) is 0. The van der Waals surface area contributed by atoms with Crippen LogP contribution in [0.4, 0.5) is 10.1 Å². The average Bonchev–Trinajstić information content (AvgIpc) is 2.30. The minimum absolute atomic E-state index is 0.103. The van der Waals surface area contributed by atoms with Crippen LogP contribution in [0.3, 0.4) is 0 Å². The molecule has 1 N–H and O–H groups in total. The molecule has 2 rings (SSSR count). The number of aromatic carboxylic acids is 1. The first-order valence-corrected chi connectivity index (χ1v) is 6.12. The highest BCUT2D eigenvalue weighted by Crippen LogP contribution is 2.25. The lowest BCUT2D eigenvalue weighted by molar-refractivity contribution is -0.124. The highest BCUT2D eigenvalue weighted by molar-refractivity contribution is 8.00. The van der Waals surface area contributed by atoms with E-state index >= 15 is 0 Å². The molecule has 1 heterocycles. The number of anilines is 1. The molecule has 7 heteroatoms. The van der Waals surface area contributed by atoms with Crippen LogP contribution in [0.25, 0.3) is 0 Å². The first kappa shape index (κ1) is 12.6. The lowest BCUT2D eigenvalue weighted by atomic mass is 10.2. The zero-order chi connectivity index (χ0) is 13.3. The summed E-state index contributed by atoms with van der Waals surface area (Å²) in [6.45, 7) is 0. The van der Waals surface area contributed by atoms with Crippen LogP contribution in [0.15, 0.2) is 18.2 Å². The quantitative estimate of drug-likeness (QED) is 0.815. The van der Waals surface area contributed by atoms with Gasteiger partial charge in [0.05, 0.1) is 22.8 Å². The molecule has 1 aromatic rings. The Morgan fingerprint density at radius 2 is 1.89 bits per heavy atom. The van der Waals surface area contributed by atoms with Crippen molar-refractivity contribution in [3.8, 4) is 0 Å². The van der Waals surface area contributed by atoms with E-state index in [1.807, 2.05) is 0 Å². The maximum Gasteiger partial charge on any atom is 0.335 e. The van der Waals surface area contributed by atoms with E-state index in [0.717, 1.165) is 23.1 Å². The summed E-state index contributed by atoms with van der Waals surface area (Å²) >= 11 is 1.17. The van der Waals surface area contributed by atoms with E-state index in [0.29, 0.717) is 0 Å². The highest BCUT2D eigenvalue weighted by Gasteiger charge is 2.30.